The maximum atomic E-state index is 12.7. The highest BCUT2D eigenvalue weighted by molar-refractivity contribution is 6.22. The Labute approximate surface area is 164 Å². The van der Waals surface area contributed by atoms with Crippen molar-refractivity contribution in [1.82, 2.24) is 4.90 Å². The van der Waals surface area contributed by atoms with Crippen molar-refractivity contribution >= 4 is 17.4 Å². The van der Waals surface area contributed by atoms with Crippen molar-refractivity contribution in [2.24, 2.45) is 0 Å². The van der Waals surface area contributed by atoms with E-state index in [0.29, 0.717) is 16.7 Å². The van der Waals surface area contributed by atoms with E-state index in [-0.39, 0.29) is 11.7 Å². The van der Waals surface area contributed by atoms with Gasteiger partial charge in [-0.15, -0.1) is 0 Å². The molecule has 140 valence electrons. The van der Waals surface area contributed by atoms with Gasteiger partial charge in [0.05, 0.1) is 0 Å². The fourth-order valence-electron chi connectivity index (χ4n) is 3.48. The van der Waals surface area contributed by atoms with Crippen molar-refractivity contribution in [3.8, 4) is 11.1 Å². The zero-order chi connectivity index (χ0) is 19.7. The molecule has 0 saturated carbocycles. The van der Waals surface area contributed by atoms with E-state index in [4.69, 9.17) is 0 Å². The van der Waals surface area contributed by atoms with Gasteiger partial charge in [0.15, 0.2) is 5.78 Å². The molecule has 1 N–H and O–H groups in total. The van der Waals surface area contributed by atoms with Crippen LogP contribution in [0.3, 0.4) is 0 Å². The lowest BCUT2D eigenvalue weighted by molar-refractivity contribution is 0.102. The molecule has 1 aliphatic rings. The molecular weight excluding hydrogens is 348 g/mol. The van der Waals surface area contributed by atoms with Crippen LogP contribution in [0.4, 0.5) is 5.69 Å². The number of fused-ring (bicyclic) bond motifs is 3. The van der Waals surface area contributed by atoms with E-state index >= 15 is 0 Å². The summed E-state index contributed by atoms with van der Waals surface area (Å²) in [4.78, 5) is 27.4. The van der Waals surface area contributed by atoms with E-state index in [9.17, 15) is 9.59 Å². The van der Waals surface area contributed by atoms with Crippen molar-refractivity contribution < 1.29 is 9.59 Å². The van der Waals surface area contributed by atoms with Gasteiger partial charge in [-0.2, -0.15) is 0 Å². The highest BCUT2D eigenvalue weighted by Gasteiger charge is 2.27. The Bertz CT molecular complexity index is 1050. The molecular formula is C24H22N2O2. The fraction of sp³-hybridized carbons (Fsp3) is 0.167. The molecule has 0 radical (unpaired) electrons. The van der Waals surface area contributed by atoms with Gasteiger partial charge in [-0.25, -0.2) is 0 Å². The molecule has 1 aliphatic carbocycles. The summed E-state index contributed by atoms with van der Waals surface area (Å²) >= 11 is 0. The minimum atomic E-state index is -0.215. The third-order valence-electron chi connectivity index (χ3n) is 5.05. The zero-order valence-electron chi connectivity index (χ0n) is 16.0. The van der Waals surface area contributed by atoms with Gasteiger partial charge in [-0.3, -0.25) is 9.59 Å². The lowest BCUT2D eigenvalue weighted by Gasteiger charge is -2.10. The van der Waals surface area contributed by atoms with Gasteiger partial charge in [-0.1, -0.05) is 42.5 Å². The lowest BCUT2D eigenvalue weighted by Crippen LogP contribution is -2.15. The molecule has 4 nitrogen and oxygen atoms in total. The van der Waals surface area contributed by atoms with Crippen LogP contribution in [-0.2, 0) is 6.42 Å². The summed E-state index contributed by atoms with van der Waals surface area (Å²) < 4.78 is 0. The van der Waals surface area contributed by atoms with Crippen LogP contribution >= 0.6 is 0 Å². The van der Waals surface area contributed by atoms with Crippen molar-refractivity contribution in [3.63, 3.8) is 0 Å². The molecule has 1 amide bonds. The van der Waals surface area contributed by atoms with E-state index in [0.717, 1.165) is 29.8 Å². The molecule has 0 fully saturated rings. The minimum absolute atomic E-state index is 0.0227. The summed E-state index contributed by atoms with van der Waals surface area (Å²) in [6.45, 7) is 0.983. The Morgan fingerprint density at radius 3 is 2.25 bits per heavy atom. The van der Waals surface area contributed by atoms with Crippen molar-refractivity contribution in [3.05, 3.63) is 89.0 Å². The average molecular weight is 370 g/mol. The van der Waals surface area contributed by atoms with Gasteiger partial charge in [-0.05, 0) is 61.5 Å². The number of hydrogen-bond donors (Lipinski definition) is 1. The van der Waals surface area contributed by atoms with Gasteiger partial charge >= 0.3 is 0 Å². The largest absolute Gasteiger partial charge is 0.322 e. The normalized spacial score (nSPS) is 12.0. The van der Waals surface area contributed by atoms with Crippen LogP contribution in [0.25, 0.3) is 11.1 Å². The van der Waals surface area contributed by atoms with Crippen LogP contribution in [0.2, 0.25) is 0 Å². The number of nitrogens with one attached hydrogen (secondary N) is 1. The van der Waals surface area contributed by atoms with Crippen molar-refractivity contribution in [2.45, 2.75) is 6.42 Å². The first-order chi connectivity index (χ1) is 13.5. The second kappa shape index (κ2) is 7.41. The molecule has 0 aromatic heterocycles. The molecule has 3 aromatic carbocycles. The van der Waals surface area contributed by atoms with Gasteiger partial charge < -0.3 is 10.2 Å². The Morgan fingerprint density at radius 2 is 1.54 bits per heavy atom. The number of carbonyl (C=O) groups is 2. The number of ketones is 1. The Hall–Kier alpha value is -3.24. The van der Waals surface area contributed by atoms with Gasteiger partial charge in [0, 0.05) is 28.9 Å². The molecule has 0 aliphatic heterocycles. The maximum absolute atomic E-state index is 12.7. The summed E-state index contributed by atoms with van der Waals surface area (Å²) in [7, 11) is 4.10. The predicted molar refractivity (Wildman–Crippen MR) is 112 cm³/mol. The SMILES string of the molecule is CN(C)CCc1ccc(NC(=O)c2ccc3c(c2)C(=O)c2ccccc2-3)cc1. The molecule has 0 bridgehead atoms. The molecule has 0 heterocycles. The number of carbonyl (C=O) groups excluding carboxylic acids is 2. The number of likely N-dealkylation sites (N-methyl/N-ethyl adjacent to an activating group) is 1. The topological polar surface area (TPSA) is 49.4 Å². The first-order valence-corrected chi connectivity index (χ1v) is 9.36. The quantitative estimate of drug-likeness (QED) is 0.571. The van der Waals surface area contributed by atoms with Gasteiger partial charge in [0.1, 0.15) is 0 Å². The second-order valence-corrected chi connectivity index (χ2v) is 7.34. The monoisotopic (exact) mass is 370 g/mol. The maximum Gasteiger partial charge on any atom is 0.255 e. The summed E-state index contributed by atoms with van der Waals surface area (Å²) in [5.41, 5.74) is 5.57. The smallest absolute Gasteiger partial charge is 0.255 e. The second-order valence-electron chi connectivity index (χ2n) is 7.34. The molecule has 0 spiro atoms. The number of rotatable bonds is 5. The van der Waals surface area contributed by atoms with Crippen LogP contribution in [0.5, 0.6) is 0 Å². The highest BCUT2D eigenvalue weighted by Crippen LogP contribution is 2.36. The van der Waals surface area contributed by atoms with Crippen LogP contribution in [-0.4, -0.2) is 37.2 Å². The van der Waals surface area contributed by atoms with E-state index in [1.54, 1.807) is 12.1 Å². The zero-order valence-corrected chi connectivity index (χ0v) is 16.0. The Kier molecular flexibility index (Phi) is 4.80. The number of amides is 1. The molecule has 0 atom stereocenters. The number of nitrogens with zero attached hydrogens (tertiary/aromatic N) is 1. The van der Waals surface area contributed by atoms with Crippen LogP contribution < -0.4 is 5.32 Å². The first-order valence-electron chi connectivity index (χ1n) is 9.36. The highest BCUT2D eigenvalue weighted by atomic mass is 16.1. The third-order valence-corrected chi connectivity index (χ3v) is 5.05. The Balaban J connectivity index is 1.50. The van der Waals surface area contributed by atoms with E-state index < -0.39 is 0 Å². The van der Waals surface area contributed by atoms with Gasteiger partial charge in [0.2, 0.25) is 0 Å². The van der Waals surface area contributed by atoms with Crippen molar-refractivity contribution in [1.29, 1.82) is 0 Å². The van der Waals surface area contributed by atoms with Crippen molar-refractivity contribution in [2.75, 3.05) is 26.0 Å². The minimum Gasteiger partial charge on any atom is -0.322 e. The number of anilines is 1. The van der Waals surface area contributed by atoms with Crippen LogP contribution in [0.1, 0.15) is 31.8 Å². The Morgan fingerprint density at radius 1 is 0.857 bits per heavy atom. The van der Waals surface area contributed by atoms with E-state index in [2.05, 4.69) is 24.3 Å². The molecule has 4 heteroatoms. The van der Waals surface area contributed by atoms with Gasteiger partial charge in [0.25, 0.3) is 5.91 Å². The fourth-order valence-corrected chi connectivity index (χ4v) is 3.48. The first kappa shape index (κ1) is 18.1. The predicted octanol–water partition coefficient (Wildman–Crippen LogP) is 4.25. The molecule has 4 rings (SSSR count). The lowest BCUT2D eigenvalue weighted by atomic mass is 10.0. The summed E-state index contributed by atoms with van der Waals surface area (Å²) in [6.07, 6.45) is 0.967. The molecule has 3 aromatic rings. The summed E-state index contributed by atoms with van der Waals surface area (Å²) in [5, 5.41) is 2.92. The summed E-state index contributed by atoms with van der Waals surface area (Å²) in [6, 6.07) is 20.8. The molecule has 0 unspecified atom stereocenters. The molecule has 0 saturated heterocycles. The van der Waals surface area contributed by atoms with Crippen LogP contribution in [0.15, 0.2) is 66.7 Å². The standard InChI is InChI=1S/C24H22N2O2/c1-26(2)14-13-16-7-10-18(11-8-16)25-24(28)17-9-12-20-19-5-3-4-6-21(19)23(27)22(20)15-17/h3-12,15H,13-14H2,1-2H3,(H,25,28). The number of hydrogen-bond acceptors (Lipinski definition) is 3. The molecule has 28 heavy (non-hydrogen) atoms. The average Bonchev–Trinajstić information content (AvgIpc) is 2.99. The van der Waals surface area contributed by atoms with E-state index in [1.165, 1.54) is 5.56 Å². The van der Waals surface area contributed by atoms with Crippen LogP contribution in [0, 0.1) is 0 Å². The van der Waals surface area contributed by atoms with E-state index in [1.807, 2.05) is 54.6 Å². The number of benzene rings is 3. The summed E-state index contributed by atoms with van der Waals surface area (Å²) in [5.74, 6) is -0.238. The third kappa shape index (κ3) is 3.47.